The van der Waals surface area contributed by atoms with Gasteiger partial charge in [-0.25, -0.2) is 5.01 Å². The highest BCUT2D eigenvalue weighted by atomic mass is 16.6. The van der Waals surface area contributed by atoms with Crippen LogP contribution in [0.5, 0.6) is 5.75 Å². The van der Waals surface area contributed by atoms with Crippen LogP contribution in [-0.2, 0) is 4.79 Å². The summed E-state index contributed by atoms with van der Waals surface area (Å²) >= 11 is 0. The van der Waals surface area contributed by atoms with Gasteiger partial charge in [0, 0.05) is 6.42 Å². The first-order chi connectivity index (χ1) is 14.5. The fourth-order valence-corrected chi connectivity index (χ4v) is 3.20. The summed E-state index contributed by atoms with van der Waals surface area (Å²) in [5.74, 6) is -0.372. The van der Waals surface area contributed by atoms with E-state index in [9.17, 15) is 14.9 Å². The van der Waals surface area contributed by atoms with Gasteiger partial charge in [0.05, 0.1) is 12.0 Å². The van der Waals surface area contributed by atoms with Gasteiger partial charge in [0.25, 0.3) is 5.91 Å². The van der Waals surface area contributed by atoms with Gasteiger partial charge in [0.1, 0.15) is 18.0 Å². The number of amides is 1. The standard InChI is InChI=1S/C21H18N4O5/c1-14-6-8-15(9-7-14)16-12-17(18-5-3-11-29-18)24(23-16)20(26)13-30-19-4-2-10-22-21(19)25(27)28/h2-11,17H,12-13H2,1H3/t17-/m1/s1. The maximum Gasteiger partial charge on any atom is 0.406 e. The molecule has 1 atom stereocenters. The third-order valence-corrected chi connectivity index (χ3v) is 4.70. The number of hydrogen-bond donors (Lipinski definition) is 0. The van der Waals surface area contributed by atoms with E-state index in [-0.39, 0.29) is 5.75 Å². The van der Waals surface area contributed by atoms with E-state index in [2.05, 4.69) is 10.1 Å². The quantitative estimate of drug-likeness (QED) is 0.456. The van der Waals surface area contributed by atoms with Gasteiger partial charge in [0.2, 0.25) is 5.75 Å². The van der Waals surface area contributed by atoms with Crippen molar-refractivity contribution in [2.45, 2.75) is 19.4 Å². The SMILES string of the molecule is Cc1ccc(C2=NN(C(=O)COc3cccnc3[N+](=O)[O-])[C@@H](c3ccco3)C2)cc1. The molecule has 0 N–H and O–H groups in total. The second-order valence-corrected chi connectivity index (χ2v) is 6.76. The largest absolute Gasteiger partial charge is 0.475 e. The van der Waals surface area contributed by atoms with Crippen LogP contribution in [0.2, 0.25) is 0 Å². The molecular weight excluding hydrogens is 388 g/mol. The average Bonchev–Trinajstić information content (AvgIpc) is 3.42. The zero-order valence-corrected chi connectivity index (χ0v) is 16.1. The van der Waals surface area contributed by atoms with Gasteiger partial charge in [-0.3, -0.25) is 4.79 Å². The van der Waals surface area contributed by atoms with Crippen molar-refractivity contribution in [2.75, 3.05) is 6.61 Å². The topological polar surface area (TPSA) is 111 Å². The van der Waals surface area contributed by atoms with Crippen molar-refractivity contribution in [3.63, 3.8) is 0 Å². The van der Waals surface area contributed by atoms with Crippen LogP contribution in [0.3, 0.4) is 0 Å². The Labute approximate surface area is 171 Å². The molecule has 1 aliphatic rings. The van der Waals surface area contributed by atoms with Crippen molar-refractivity contribution >= 4 is 17.4 Å². The molecule has 4 rings (SSSR count). The Balaban J connectivity index is 1.56. The number of ether oxygens (including phenoxy) is 1. The van der Waals surface area contributed by atoms with Crippen LogP contribution in [0.15, 0.2) is 70.5 Å². The van der Waals surface area contributed by atoms with E-state index < -0.39 is 29.3 Å². The molecule has 0 spiro atoms. The summed E-state index contributed by atoms with van der Waals surface area (Å²) in [6.07, 6.45) is 3.31. The maximum absolute atomic E-state index is 12.9. The first-order valence-corrected chi connectivity index (χ1v) is 9.25. The number of furan rings is 1. The Morgan fingerprint density at radius 1 is 1.27 bits per heavy atom. The first kappa shape index (κ1) is 19.3. The second kappa shape index (κ2) is 8.16. The minimum absolute atomic E-state index is 0.0765. The lowest BCUT2D eigenvalue weighted by atomic mass is 10.0. The van der Waals surface area contributed by atoms with Crippen molar-refractivity contribution in [3.05, 3.63) is 88.0 Å². The zero-order valence-electron chi connectivity index (χ0n) is 16.1. The number of nitrogens with zero attached hydrogens (tertiary/aromatic N) is 4. The van der Waals surface area contributed by atoms with Crippen molar-refractivity contribution < 1.29 is 18.9 Å². The number of carbonyl (C=O) groups excluding carboxylic acids is 1. The van der Waals surface area contributed by atoms with Crippen LogP contribution < -0.4 is 4.74 Å². The van der Waals surface area contributed by atoms with E-state index >= 15 is 0 Å². The number of benzene rings is 1. The Hall–Kier alpha value is -4.01. The highest BCUT2D eigenvalue weighted by Crippen LogP contribution is 2.33. The molecule has 152 valence electrons. The normalized spacial score (nSPS) is 15.7. The maximum atomic E-state index is 12.9. The van der Waals surface area contributed by atoms with E-state index in [1.54, 1.807) is 12.1 Å². The molecule has 0 bridgehead atoms. The molecule has 3 aromatic rings. The van der Waals surface area contributed by atoms with Crippen LogP contribution >= 0.6 is 0 Å². The van der Waals surface area contributed by atoms with Crippen LogP contribution in [-0.4, -0.2) is 33.1 Å². The van der Waals surface area contributed by atoms with Gasteiger partial charge >= 0.3 is 5.82 Å². The van der Waals surface area contributed by atoms with Crippen LogP contribution in [0.4, 0.5) is 5.82 Å². The molecule has 1 aliphatic heterocycles. The molecule has 0 saturated carbocycles. The number of carbonyl (C=O) groups is 1. The molecule has 9 heteroatoms. The Morgan fingerprint density at radius 3 is 2.77 bits per heavy atom. The van der Waals surface area contributed by atoms with E-state index in [0.29, 0.717) is 12.2 Å². The van der Waals surface area contributed by atoms with Gasteiger partial charge in [0.15, 0.2) is 6.61 Å². The van der Waals surface area contributed by atoms with Gasteiger partial charge < -0.3 is 19.3 Å². The fraction of sp³-hybridized carbons (Fsp3) is 0.190. The Bertz CT molecular complexity index is 1090. The second-order valence-electron chi connectivity index (χ2n) is 6.76. The summed E-state index contributed by atoms with van der Waals surface area (Å²) in [4.78, 5) is 27.0. The van der Waals surface area contributed by atoms with Gasteiger partial charge in [-0.1, -0.05) is 29.8 Å². The smallest absolute Gasteiger partial charge is 0.406 e. The number of nitro groups is 1. The first-order valence-electron chi connectivity index (χ1n) is 9.25. The molecule has 30 heavy (non-hydrogen) atoms. The minimum atomic E-state index is -0.658. The van der Waals surface area contributed by atoms with Crippen molar-refractivity contribution in [1.29, 1.82) is 0 Å². The number of rotatable bonds is 6. The predicted octanol–water partition coefficient (Wildman–Crippen LogP) is 3.65. The lowest BCUT2D eigenvalue weighted by Crippen LogP contribution is -2.31. The molecular formula is C21H18N4O5. The number of aryl methyl sites for hydroxylation is 1. The van der Waals surface area contributed by atoms with E-state index in [1.165, 1.54) is 29.6 Å². The molecule has 2 aromatic heterocycles. The lowest BCUT2D eigenvalue weighted by molar-refractivity contribution is -0.390. The monoisotopic (exact) mass is 406 g/mol. The van der Waals surface area contributed by atoms with E-state index in [4.69, 9.17) is 9.15 Å². The summed E-state index contributed by atoms with van der Waals surface area (Å²) in [6, 6.07) is 13.9. The highest BCUT2D eigenvalue weighted by Gasteiger charge is 2.35. The molecule has 9 nitrogen and oxygen atoms in total. The van der Waals surface area contributed by atoms with Gasteiger partial charge in [-0.05, 0) is 46.7 Å². The lowest BCUT2D eigenvalue weighted by Gasteiger charge is -2.19. The van der Waals surface area contributed by atoms with E-state index in [0.717, 1.165) is 16.8 Å². The molecule has 3 heterocycles. The number of hydrazone groups is 1. The van der Waals surface area contributed by atoms with E-state index in [1.807, 2.05) is 31.2 Å². The van der Waals surface area contributed by atoms with Crippen LogP contribution in [0.1, 0.15) is 29.3 Å². The highest BCUT2D eigenvalue weighted by molar-refractivity contribution is 6.03. The minimum Gasteiger partial charge on any atom is -0.475 e. The summed E-state index contributed by atoms with van der Waals surface area (Å²) in [5.41, 5.74) is 2.78. The van der Waals surface area contributed by atoms with Crippen molar-refractivity contribution in [2.24, 2.45) is 5.10 Å². The van der Waals surface area contributed by atoms with Crippen LogP contribution in [0.25, 0.3) is 0 Å². The molecule has 0 fully saturated rings. The summed E-state index contributed by atoms with van der Waals surface area (Å²) in [6.45, 7) is 1.57. The third-order valence-electron chi connectivity index (χ3n) is 4.70. The number of pyridine rings is 1. The molecule has 0 saturated heterocycles. The number of aromatic nitrogens is 1. The Kier molecular flexibility index (Phi) is 5.25. The zero-order chi connectivity index (χ0) is 21.1. The van der Waals surface area contributed by atoms with Crippen LogP contribution in [0, 0.1) is 17.0 Å². The summed E-state index contributed by atoms with van der Waals surface area (Å²) in [5, 5.41) is 16.9. The van der Waals surface area contributed by atoms with Crippen molar-refractivity contribution in [3.8, 4) is 5.75 Å². The molecule has 0 aliphatic carbocycles. The Morgan fingerprint density at radius 2 is 2.07 bits per heavy atom. The summed E-state index contributed by atoms with van der Waals surface area (Å²) < 4.78 is 10.9. The van der Waals surface area contributed by atoms with Crippen molar-refractivity contribution in [1.82, 2.24) is 9.99 Å². The predicted molar refractivity (Wildman–Crippen MR) is 107 cm³/mol. The van der Waals surface area contributed by atoms with Gasteiger partial charge in [-0.2, -0.15) is 5.10 Å². The fourth-order valence-electron chi connectivity index (χ4n) is 3.20. The average molecular weight is 406 g/mol. The molecule has 0 unspecified atom stereocenters. The molecule has 1 aromatic carbocycles. The number of hydrogen-bond acceptors (Lipinski definition) is 7. The van der Waals surface area contributed by atoms with Gasteiger partial charge in [-0.15, -0.1) is 0 Å². The third kappa shape index (κ3) is 3.90. The molecule has 0 radical (unpaired) electrons. The molecule has 1 amide bonds. The summed E-state index contributed by atoms with van der Waals surface area (Å²) in [7, 11) is 0.